The Morgan fingerprint density at radius 3 is 2.72 bits per heavy atom. The summed E-state index contributed by atoms with van der Waals surface area (Å²) in [5.74, 6) is 1.39. The lowest BCUT2D eigenvalue weighted by molar-refractivity contribution is -0.142. The highest BCUT2D eigenvalue weighted by Crippen LogP contribution is 2.36. The molecule has 3 rings (SSSR count). The molecule has 1 aromatic carbocycles. The van der Waals surface area contributed by atoms with Crippen LogP contribution in [0.3, 0.4) is 0 Å². The number of benzene rings is 1. The summed E-state index contributed by atoms with van der Waals surface area (Å²) in [7, 11) is 1.94. The lowest BCUT2D eigenvalue weighted by Gasteiger charge is -2.18. The number of aryl methyl sites for hydroxylation is 1. The quantitative estimate of drug-likeness (QED) is 0.624. The van der Waals surface area contributed by atoms with E-state index >= 15 is 0 Å². The number of esters is 1. The molecule has 0 bridgehead atoms. The third-order valence-electron chi connectivity index (χ3n) is 3.86. The zero-order valence-corrected chi connectivity index (χ0v) is 15.5. The van der Waals surface area contributed by atoms with Gasteiger partial charge in [-0.05, 0) is 25.5 Å². The molecule has 3 aromatic rings. The second-order valence-electron chi connectivity index (χ2n) is 5.77. The molecule has 2 aromatic heterocycles. The van der Waals surface area contributed by atoms with Crippen molar-refractivity contribution in [1.29, 1.82) is 0 Å². The molecule has 0 unspecified atom stereocenters. The van der Waals surface area contributed by atoms with Gasteiger partial charge in [-0.25, -0.2) is 9.97 Å². The molecule has 25 heavy (non-hydrogen) atoms. The predicted octanol–water partition coefficient (Wildman–Crippen LogP) is 4.06. The SMILES string of the molecule is CCOC(=O)CCN(C)c1nc(C)nc2sc(-c3ccccc3)cc12. The fraction of sp³-hybridized carbons (Fsp3) is 0.316. The van der Waals surface area contributed by atoms with Crippen LogP contribution in [0.4, 0.5) is 5.82 Å². The second-order valence-corrected chi connectivity index (χ2v) is 6.80. The van der Waals surface area contributed by atoms with Gasteiger partial charge >= 0.3 is 5.97 Å². The standard InChI is InChI=1S/C19H21N3O2S/c1-4-24-17(23)10-11-22(3)18-15-12-16(14-8-6-5-7-9-14)25-19(15)21-13(2)20-18/h5-9,12H,4,10-11H2,1-3H3. The van der Waals surface area contributed by atoms with E-state index in [-0.39, 0.29) is 5.97 Å². The molecule has 0 aliphatic carbocycles. The minimum atomic E-state index is -0.188. The van der Waals surface area contributed by atoms with Crippen molar-refractivity contribution in [2.45, 2.75) is 20.3 Å². The van der Waals surface area contributed by atoms with Gasteiger partial charge in [0.05, 0.1) is 18.4 Å². The maximum atomic E-state index is 11.6. The summed E-state index contributed by atoms with van der Waals surface area (Å²) >= 11 is 1.66. The van der Waals surface area contributed by atoms with Crippen LogP contribution in [0.1, 0.15) is 19.2 Å². The summed E-state index contributed by atoms with van der Waals surface area (Å²) in [5.41, 5.74) is 1.17. The maximum Gasteiger partial charge on any atom is 0.307 e. The smallest absolute Gasteiger partial charge is 0.307 e. The number of carbonyl (C=O) groups is 1. The van der Waals surface area contributed by atoms with Crippen molar-refractivity contribution >= 4 is 33.3 Å². The van der Waals surface area contributed by atoms with Gasteiger partial charge in [0.15, 0.2) is 0 Å². The van der Waals surface area contributed by atoms with Crippen molar-refractivity contribution in [3.05, 3.63) is 42.2 Å². The van der Waals surface area contributed by atoms with Gasteiger partial charge in [-0.1, -0.05) is 30.3 Å². The molecule has 0 radical (unpaired) electrons. The topological polar surface area (TPSA) is 55.3 Å². The highest BCUT2D eigenvalue weighted by Gasteiger charge is 2.15. The van der Waals surface area contributed by atoms with Crippen LogP contribution in [-0.2, 0) is 9.53 Å². The highest BCUT2D eigenvalue weighted by molar-refractivity contribution is 7.21. The molecular formula is C19H21N3O2S. The molecule has 0 saturated heterocycles. The Hall–Kier alpha value is -2.47. The molecule has 0 aliphatic rings. The van der Waals surface area contributed by atoms with Crippen molar-refractivity contribution in [1.82, 2.24) is 9.97 Å². The Morgan fingerprint density at radius 2 is 2.00 bits per heavy atom. The Kier molecular flexibility index (Phi) is 5.28. The number of nitrogens with zero attached hydrogens (tertiary/aromatic N) is 3. The van der Waals surface area contributed by atoms with Gasteiger partial charge in [-0.2, -0.15) is 0 Å². The van der Waals surface area contributed by atoms with Crippen LogP contribution in [0.2, 0.25) is 0 Å². The third kappa shape index (κ3) is 3.96. The van der Waals surface area contributed by atoms with E-state index in [1.54, 1.807) is 11.3 Å². The van der Waals surface area contributed by atoms with Crippen molar-refractivity contribution < 1.29 is 9.53 Å². The van der Waals surface area contributed by atoms with E-state index in [0.717, 1.165) is 26.7 Å². The first-order valence-corrected chi connectivity index (χ1v) is 9.10. The molecule has 0 N–H and O–H groups in total. The number of aromatic nitrogens is 2. The number of anilines is 1. The number of rotatable bonds is 6. The third-order valence-corrected chi connectivity index (χ3v) is 4.94. The highest BCUT2D eigenvalue weighted by atomic mass is 32.1. The van der Waals surface area contributed by atoms with Gasteiger partial charge in [0, 0.05) is 18.5 Å². The summed E-state index contributed by atoms with van der Waals surface area (Å²) in [5, 5.41) is 1.01. The number of hydrogen-bond acceptors (Lipinski definition) is 6. The van der Waals surface area contributed by atoms with Crippen LogP contribution >= 0.6 is 11.3 Å². The van der Waals surface area contributed by atoms with Crippen LogP contribution in [-0.4, -0.2) is 36.1 Å². The maximum absolute atomic E-state index is 11.6. The average Bonchev–Trinajstić information content (AvgIpc) is 3.04. The van der Waals surface area contributed by atoms with Gasteiger partial charge in [0.25, 0.3) is 0 Å². The van der Waals surface area contributed by atoms with E-state index in [1.807, 2.05) is 44.0 Å². The molecule has 5 nitrogen and oxygen atoms in total. The Morgan fingerprint density at radius 1 is 1.24 bits per heavy atom. The number of hydrogen-bond donors (Lipinski definition) is 0. The summed E-state index contributed by atoms with van der Waals surface area (Å²) in [6.07, 6.45) is 0.338. The fourth-order valence-corrected chi connectivity index (χ4v) is 3.72. The van der Waals surface area contributed by atoms with Crippen LogP contribution in [0.25, 0.3) is 20.7 Å². The minimum Gasteiger partial charge on any atom is -0.466 e. The van der Waals surface area contributed by atoms with Gasteiger partial charge in [0.2, 0.25) is 0 Å². The molecule has 0 spiro atoms. The molecule has 0 fully saturated rings. The Balaban J connectivity index is 1.92. The molecule has 0 aliphatic heterocycles. The first-order valence-electron chi connectivity index (χ1n) is 8.29. The van der Waals surface area contributed by atoms with Gasteiger partial charge < -0.3 is 9.64 Å². The van der Waals surface area contributed by atoms with Gasteiger partial charge in [0.1, 0.15) is 16.5 Å². The van der Waals surface area contributed by atoms with E-state index in [0.29, 0.717) is 19.6 Å². The summed E-state index contributed by atoms with van der Waals surface area (Å²) in [6, 6.07) is 12.4. The van der Waals surface area contributed by atoms with E-state index < -0.39 is 0 Å². The molecule has 0 atom stereocenters. The predicted molar refractivity (Wildman–Crippen MR) is 102 cm³/mol. The van der Waals surface area contributed by atoms with E-state index in [9.17, 15) is 4.79 Å². The van der Waals surface area contributed by atoms with Crippen LogP contribution in [0.15, 0.2) is 36.4 Å². The zero-order chi connectivity index (χ0) is 17.8. The molecule has 130 valence electrons. The Bertz CT molecular complexity index is 877. The number of thiophene rings is 1. The molecule has 6 heteroatoms. The van der Waals surface area contributed by atoms with Crippen LogP contribution in [0.5, 0.6) is 0 Å². The van der Waals surface area contributed by atoms with Crippen LogP contribution in [0, 0.1) is 6.92 Å². The average molecular weight is 355 g/mol. The summed E-state index contributed by atoms with van der Waals surface area (Å²) in [6.45, 7) is 4.67. The second kappa shape index (κ2) is 7.61. The zero-order valence-electron chi connectivity index (χ0n) is 14.7. The van der Waals surface area contributed by atoms with E-state index in [2.05, 4.69) is 28.2 Å². The fourth-order valence-electron chi connectivity index (χ4n) is 2.64. The first kappa shape index (κ1) is 17.4. The molecular weight excluding hydrogens is 334 g/mol. The first-order chi connectivity index (χ1) is 12.1. The number of fused-ring (bicyclic) bond motifs is 1. The monoisotopic (exact) mass is 355 g/mol. The number of carbonyl (C=O) groups excluding carboxylic acids is 1. The van der Waals surface area contributed by atoms with Gasteiger partial charge in [-0.3, -0.25) is 4.79 Å². The lowest BCUT2D eigenvalue weighted by atomic mass is 10.2. The summed E-state index contributed by atoms with van der Waals surface area (Å²) in [4.78, 5) is 24.9. The van der Waals surface area contributed by atoms with Crippen molar-refractivity contribution in [2.75, 3.05) is 25.1 Å². The van der Waals surface area contributed by atoms with Crippen molar-refractivity contribution in [3.8, 4) is 10.4 Å². The van der Waals surface area contributed by atoms with Crippen molar-refractivity contribution in [3.63, 3.8) is 0 Å². The normalized spacial score (nSPS) is 10.8. The van der Waals surface area contributed by atoms with Crippen molar-refractivity contribution in [2.24, 2.45) is 0 Å². The van der Waals surface area contributed by atoms with Crippen LogP contribution < -0.4 is 4.90 Å². The molecule has 0 saturated carbocycles. The minimum absolute atomic E-state index is 0.188. The number of ether oxygens (including phenoxy) is 1. The largest absolute Gasteiger partial charge is 0.466 e. The molecule has 0 amide bonds. The van der Waals surface area contributed by atoms with E-state index in [1.165, 1.54) is 5.56 Å². The Labute approximate surface area is 151 Å². The summed E-state index contributed by atoms with van der Waals surface area (Å²) < 4.78 is 5.01. The van der Waals surface area contributed by atoms with Gasteiger partial charge in [-0.15, -0.1) is 11.3 Å². The lowest BCUT2D eigenvalue weighted by Crippen LogP contribution is -2.23. The molecule has 2 heterocycles. The van der Waals surface area contributed by atoms with E-state index in [4.69, 9.17) is 4.74 Å².